The number of aromatic nitrogens is 1. The van der Waals surface area contributed by atoms with Crippen molar-refractivity contribution in [2.24, 2.45) is 5.92 Å². The molecule has 1 saturated heterocycles. The van der Waals surface area contributed by atoms with Crippen LogP contribution in [0.25, 0.3) is 10.9 Å². The Morgan fingerprint density at radius 2 is 2.03 bits per heavy atom. The van der Waals surface area contributed by atoms with Gasteiger partial charge in [-0.25, -0.2) is 4.39 Å². The molecule has 5 nitrogen and oxygen atoms in total. The van der Waals surface area contributed by atoms with Crippen molar-refractivity contribution in [3.05, 3.63) is 29.7 Å². The predicted octanol–water partition coefficient (Wildman–Crippen LogP) is 5.52. The van der Waals surface area contributed by atoms with Crippen molar-refractivity contribution in [1.29, 1.82) is 0 Å². The lowest BCUT2D eigenvalue weighted by Gasteiger charge is -2.45. The van der Waals surface area contributed by atoms with Gasteiger partial charge >= 0.3 is 0 Å². The number of H-pyrrole nitrogens is 1. The van der Waals surface area contributed by atoms with Gasteiger partial charge in [-0.1, -0.05) is 13.8 Å². The number of hydrogen-bond acceptors (Lipinski definition) is 3. The third-order valence-corrected chi connectivity index (χ3v) is 6.91. The largest absolute Gasteiger partial charge is 0.487 e. The zero-order valence-corrected chi connectivity index (χ0v) is 20.0. The first-order chi connectivity index (χ1) is 15.0. The molecular weight excluding hydrogens is 407 g/mol. The number of aromatic amines is 1. The average Bonchev–Trinajstić information content (AvgIpc) is 3.37. The molecule has 6 heteroatoms. The molecule has 4 unspecified atom stereocenters. The Hall–Kier alpha value is -2.08. The Balaban J connectivity index is 1.57. The third-order valence-electron chi connectivity index (χ3n) is 6.91. The summed E-state index contributed by atoms with van der Waals surface area (Å²) in [5.74, 6) is 0.487. The van der Waals surface area contributed by atoms with E-state index in [0.29, 0.717) is 24.5 Å². The summed E-state index contributed by atoms with van der Waals surface area (Å²) in [5, 5.41) is 11.2. The molecule has 0 radical (unpaired) electrons. The highest BCUT2D eigenvalue weighted by Gasteiger charge is 2.38. The molecule has 1 amide bonds. The highest BCUT2D eigenvalue weighted by molar-refractivity contribution is 5.91. The van der Waals surface area contributed by atoms with Crippen LogP contribution in [0.1, 0.15) is 84.6 Å². The molecule has 32 heavy (non-hydrogen) atoms. The Morgan fingerprint density at radius 3 is 2.69 bits per heavy atom. The summed E-state index contributed by atoms with van der Waals surface area (Å²) in [4.78, 5) is 18.8. The number of hydrogen-bond donors (Lipinski definition) is 2. The Kier molecular flexibility index (Phi) is 6.27. The van der Waals surface area contributed by atoms with E-state index in [-0.39, 0.29) is 35.8 Å². The van der Waals surface area contributed by atoms with Gasteiger partial charge in [-0.05, 0) is 82.4 Å². The number of halogens is 1. The van der Waals surface area contributed by atoms with Crippen LogP contribution < -0.4 is 4.74 Å². The van der Waals surface area contributed by atoms with Gasteiger partial charge in [0.2, 0.25) is 5.91 Å². The molecule has 1 aromatic heterocycles. The lowest BCUT2D eigenvalue weighted by Crippen LogP contribution is -2.53. The van der Waals surface area contributed by atoms with E-state index >= 15 is 0 Å². The summed E-state index contributed by atoms with van der Waals surface area (Å²) < 4.78 is 20.6. The van der Waals surface area contributed by atoms with Crippen LogP contribution in [0.2, 0.25) is 0 Å². The number of carbonyl (C=O) groups is 1. The Morgan fingerprint density at radius 1 is 1.31 bits per heavy atom. The van der Waals surface area contributed by atoms with Crippen molar-refractivity contribution in [3.63, 3.8) is 0 Å². The number of ether oxygens (including phenoxy) is 1. The minimum Gasteiger partial charge on any atom is -0.487 e. The Bertz CT molecular complexity index is 975. The van der Waals surface area contributed by atoms with E-state index < -0.39 is 5.60 Å². The molecule has 1 aromatic carbocycles. The van der Waals surface area contributed by atoms with Crippen LogP contribution in [0.15, 0.2) is 18.3 Å². The summed E-state index contributed by atoms with van der Waals surface area (Å²) in [5.41, 5.74) is 0.923. The molecule has 1 aliphatic carbocycles. The molecule has 4 rings (SSSR count). The van der Waals surface area contributed by atoms with Crippen LogP contribution in [0, 0.1) is 11.7 Å². The molecule has 2 aromatic rings. The number of piperidine rings is 1. The number of likely N-dealkylation sites (tertiary alicyclic amines) is 1. The van der Waals surface area contributed by atoms with E-state index in [4.69, 9.17) is 4.74 Å². The highest BCUT2D eigenvalue weighted by Crippen LogP contribution is 2.40. The maximum absolute atomic E-state index is 14.6. The number of nitrogens with one attached hydrogen (secondary N) is 1. The van der Waals surface area contributed by atoms with E-state index in [9.17, 15) is 14.3 Å². The first kappa shape index (κ1) is 23.1. The quantitative estimate of drug-likeness (QED) is 0.591. The summed E-state index contributed by atoms with van der Waals surface area (Å²) in [7, 11) is 0. The van der Waals surface area contributed by atoms with Crippen molar-refractivity contribution in [1.82, 2.24) is 9.88 Å². The summed E-state index contributed by atoms with van der Waals surface area (Å²) >= 11 is 0. The second-order valence-electron chi connectivity index (χ2n) is 10.9. The number of nitrogens with zero attached hydrogens (tertiary/aromatic N) is 1. The van der Waals surface area contributed by atoms with Gasteiger partial charge in [0, 0.05) is 35.6 Å². The van der Waals surface area contributed by atoms with Crippen LogP contribution in [-0.2, 0) is 4.79 Å². The van der Waals surface area contributed by atoms with Gasteiger partial charge < -0.3 is 19.7 Å². The molecule has 4 atom stereocenters. The fourth-order valence-electron chi connectivity index (χ4n) is 5.46. The molecule has 0 spiro atoms. The van der Waals surface area contributed by atoms with Gasteiger partial charge in [0.05, 0.1) is 11.7 Å². The molecule has 2 fully saturated rings. The molecule has 2 aliphatic rings. The minimum absolute atomic E-state index is 0.0302. The monoisotopic (exact) mass is 444 g/mol. The SMILES string of the molecule is CC1CC(C)N(C(=O)CC(C)c2c[nH]c3ccc(F)c(OC4CC4)c23)C(CC(C)(C)O)C1. The predicted molar refractivity (Wildman–Crippen MR) is 124 cm³/mol. The van der Waals surface area contributed by atoms with Crippen molar-refractivity contribution in [2.75, 3.05) is 0 Å². The van der Waals surface area contributed by atoms with Gasteiger partial charge in [-0.3, -0.25) is 4.79 Å². The Labute approximate surface area is 190 Å². The summed E-state index contributed by atoms with van der Waals surface area (Å²) in [6.45, 7) is 9.97. The fourth-order valence-corrected chi connectivity index (χ4v) is 5.46. The fraction of sp³-hybridized carbons (Fsp3) is 0.654. The number of rotatable bonds is 7. The van der Waals surface area contributed by atoms with Crippen molar-refractivity contribution in [3.8, 4) is 5.75 Å². The first-order valence-corrected chi connectivity index (χ1v) is 12.0. The highest BCUT2D eigenvalue weighted by atomic mass is 19.1. The van der Waals surface area contributed by atoms with E-state index in [1.54, 1.807) is 6.07 Å². The van der Waals surface area contributed by atoms with Crippen LogP contribution in [-0.4, -0.2) is 44.7 Å². The summed E-state index contributed by atoms with van der Waals surface area (Å²) in [6, 6.07) is 3.34. The topological polar surface area (TPSA) is 65.6 Å². The number of fused-ring (bicyclic) bond motifs is 1. The average molecular weight is 445 g/mol. The maximum Gasteiger partial charge on any atom is 0.223 e. The second-order valence-corrected chi connectivity index (χ2v) is 10.9. The van der Waals surface area contributed by atoms with Gasteiger partial charge in [0.15, 0.2) is 11.6 Å². The minimum atomic E-state index is -0.824. The lowest BCUT2D eigenvalue weighted by atomic mass is 9.82. The van der Waals surface area contributed by atoms with Crippen LogP contribution in [0.5, 0.6) is 5.75 Å². The number of benzene rings is 1. The standard InChI is InChI=1S/C26H37FN2O3/c1-15-10-17(3)29(18(11-15)13-26(4,5)31)23(30)12-16(2)20-14-28-22-9-8-21(27)25(24(20)22)32-19-6-7-19/h8-9,14-19,28,31H,6-7,10-13H2,1-5H3. The zero-order valence-electron chi connectivity index (χ0n) is 20.0. The molecule has 1 saturated carbocycles. The van der Waals surface area contributed by atoms with E-state index in [1.165, 1.54) is 6.07 Å². The lowest BCUT2D eigenvalue weighted by molar-refractivity contribution is -0.140. The molecule has 0 bridgehead atoms. The van der Waals surface area contributed by atoms with E-state index in [0.717, 1.165) is 42.1 Å². The number of amides is 1. The van der Waals surface area contributed by atoms with Gasteiger partial charge in [0.25, 0.3) is 0 Å². The van der Waals surface area contributed by atoms with Crippen LogP contribution in [0.4, 0.5) is 4.39 Å². The second kappa shape index (κ2) is 8.69. The number of aliphatic hydroxyl groups is 1. The van der Waals surface area contributed by atoms with Gasteiger partial charge in [-0.2, -0.15) is 0 Å². The first-order valence-electron chi connectivity index (χ1n) is 12.0. The summed E-state index contributed by atoms with van der Waals surface area (Å²) in [6.07, 6.45) is 6.68. The van der Waals surface area contributed by atoms with Gasteiger partial charge in [0.1, 0.15) is 0 Å². The maximum atomic E-state index is 14.6. The van der Waals surface area contributed by atoms with Crippen molar-refractivity contribution < 1.29 is 19.0 Å². The van der Waals surface area contributed by atoms with Crippen molar-refractivity contribution in [2.45, 2.75) is 103 Å². The van der Waals surface area contributed by atoms with Gasteiger partial charge in [-0.15, -0.1) is 0 Å². The molecule has 2 N–H and O–H groups in total. The third kappa shape index (κ3) is 4.95. The number of carbonyl (C=O) groups excluding carboxylic acids is 1. The molecule has 176 valence electrons. The normalized spacial score (nSPS) is 25.2. The van der Waals surface area contributed by atoms with Crippen LogP contribution >= 0.6 is 0 Å². The van der Waals surface area contributed by atoms with E-state index in [2.05, 4.69) is 18.8 Å². The molecule has 2 heterocycles. The zero-order chi connectivity index (χ0) is 23.2. The molecular formula is C26H37FN2O3. The molecule has 1 aliphatic heterocycles. The van der Waals surface area contributed by atoms with Crippen molar-refractivity contribution >= 4 is 16.8 Å². The van der Waals surface area contributed by atoms with E-state index in [1.807, 2.05) is 31.9 Å². The smallest absolute Gasteiger partial charge is 0.223 e. The van der Waals surface area contributed by atoms with Crippen LogP contribution in [0.3, 0.4) is 0 Å².